The van der Waals surface area contributed by atoms with Gasteiger partial charge in [-0.1, -0.05) is 42.5 Å². The summed E-state index contributed by atoms with van der Waals surface area (Å²) < 4.78 is 11.5. The molecule has 1 unspecified atom stereocenters. The third-order valence-corrected chi connectivity index (χ3v) is 5.54. The van der Waals surface area contributed by atoms with Crippen LogP contribution in [0, 0.1) is 5.92 Å². The molecule has 0 saturated carbocycles. The average Bonchev–Trinajstić information content (AvgIpc) is 2.69. The third kappa shape index (κ3) is 4.81. The van der Waals surface area contributed by atoms with E-state index in [1.807, 2.05) is 24.3 Å². The van der Waals surface area contributed by atoms with Gasteiger partial charge in [0.2, 0.25) is 0 Å². The quantitative estimate of drug-likeness (QED) is 0.252. The molecule has 0 amide bonds. The molecular formula is C26H30O4. The summed E-state index contributed by atoms with van der Waals surface area (Å²) in [5.41, 5.74) is 3.64. The number of carbonyl (C=O) groups is 2. The summed E-state index contributed by atoms with van der Waals surface area (Å²) in [5, 5.41) is 1.58. The van der Waals surface area contributed by atoms with E-state index in [-0.39, 0.29) is 5.97 Å². The lowest BCUT2D eigenvalue weighted by atomic mass is 9.79. The molecule has 0 aromatic heterocycles. The smallest absolute Gasteiger partial charge is 0.338 e. The summed E-state index contributed by atoms with van der Waals surface area (Å²) >= 11 is 0. The van der Waals surface area contributed by atoms with E-state index in [0.29, 0.717) is 23.0 Å². The van der Waals surface area contributed by atoms with Crippen LogP contribution in [0.15, 0.2) is 48.1 Å². The number of carbonyl (C=O) groups excluding carboxylic acids is 2. The lowest BCUT2D eigenvalue weighted by molar-refractivity contribution is -0.132. The van der Waals surface area contributed by atoms with Crippen molar-refractivity contribution in [3.05, 3.63) is 59.2 Å². The number of hydrogen-bond donors (Lipinski definition) is 0. The van der Waals surface area contributed by atoms with Gasteiger partial charge in [0.25, 0.3) is 0 Å². The van der Waals surface area contributed by atoms with Gasteiger partial charge in [-0.3, -0.25) is 4.79 Å². The van der Waals surface area contributed by atoms with Crippen molar-refractivity contribution in [2.45, 2.75) is 59.8 Å². The maximum absolute atomic E-state index is 12.4. The van der Waals surface area contributed by atoms with Crippen molar-refractivity contribution >= 4 is 22.7 Å². The van der Waals surface area contributed by atoms with Gasteiger partial charge in [-0.2, -0.15) is 0 Å². The predicted molar refractivity (Wildman–Crippen MR) is 120 cm³/mol. The number of allylic oxidation sites excluding steroid dienone is 2. The van der Waals surface area contributed by atoms with E-state index in [9.17, 15) is 9.59 Å². The average molecular weight is 407 g/mol. The maximum atomic E-state index is 12.4. The van der Waals surface area contributed by atoms with Crippen molar-refractivity contribution in [3.63, 3.8) is 0 Å². The standard InChI is InChI=1S/C26H30O4/c1-16(2)9-8-10-19-13-14-22-23(15-19)25(30-26(28)17(3)4)21-12-7-6-11-20(21)24(22)29-18(5)27/h6-7,9,11-12,19H,3,8,10,13-15H2,1-2,4-5H3. The Kier molecular flexibility index (Phi) is 6.76. The molecule has 0 heterocycles. The SMILES string of the molecule is C=C(C)C(=O)Oc1c2c(c(OC(C)=O)c3ccccc13)CCC(CCC=C(C)C)C2. The fourth-order valence-corrected chi connectivity index (χ4v) is 4.11. The fourth-order valence-electron chi connectivity index (χ4n) is 4.11. The zero-order valence-corrected chi connectivity index (χ0v) is 18.3. The monoisotopic (exact) mass is 406 g/mol. The number of benzene rings is 2. The first kappa shape index (κ1) is 21.8. The van der Waals surface area contributed by atoms with Crippen LogP contribution in [-0.4, -0.2) is 11.9 Å². The summed E-state index contributed by atoms with van der Waals surface area (Å²) in [4.78, 5) is 24.3. The molecule has 0 saturated heterocycles. The van der Waals surface area contributed by atoms with Crippen LogP contribution in [0.2, 0.25) is 0 Å². The molecule has 0 aliphatic heterocycles. The Bertz CT molecular complexity index is 1020. The van der Waals surface area contributed by atoms with E-state index >= 15 is 0 Å². The fraction of sp³-hybridized carbons (Fsp3) is 0.385. The zero-order valence-electron chi connectivity index (χ0n) is 18.3. The van der Waals surface area contributed by atoms with Gasteiger partial charge in [0.05, 0.1) is 0 Å². The molecular weight excluding hydrogens is 376 g/mol. The lowest BCUT2D eigenvalue weighted by Gasteiger charge is -2.29. The molecule has 1 aliphatic rings. The van der Waals surface area contributed by atoms with Crippen LogP contribution in [-0.2, 0) is 22.4 Å². The van der Waals surface area contributed by atoms with Gasteiger partial charge < -0.3 is 9.47 Å². The molecule has 2 aromatic carbocycles. The number of rotatable bonds is 6. The Hall–Kier alpha value is -2.88. The molecule has 4 heteroatoms. The molecule has 30 heavy (non-hydrogen) atoms. The minimum absolute atomic E-state index is 0.347. The highest BCUT2D eigenvalue weighted by Crippen LogP contribution is 2.46. The third-order valence-electron chi connectivity index (χ3n) is 5.54. The Balaban J connectivity index is 2.12. The summed E-state index contributed by atoms with van der Waals surface area (Å²) in [6.07, 6.45) is 6.98. The molecule has 0 radical (unpaired) electrons. The van der Waals surface area contributed by atoms with E-state index < -0.39 is 5.97 Å². The first-order valence-corrected chi connectivity index (χ1v) is 10.5. The van der Waals surface area contributed by atoms with E-state index in [1.165, 1.54) is 12.5 Å². The second-order valence-corrected chi connectivity index (χ2v) is 8.39. The largest absolute Gasteiger partial charge is 0.426 e. The molecule has 0 spiro atoms. The number of hydrogen-bond acceptors (Lipinski definition) is 4. The van der Waals surface area contributed by atoms with E-state index in [4.69, 9.17) is 9.47 Å². The van der Waals surface area contributed by atoms with Gasteiger partial charge in [-0.25, -0.2) is 4.79 Å². The maximum Gasteiger partial charge on any atom is 0.338 e. The Morgan fingerprint density at radius 2 is 1.67 bits per heavy atom. The van der Waals surface area contributed by atoms with Crippen molar-refractivity contribution in [3.8, 4) is 11.5 Å². The Labute approximate surface area is 178 Å². The van der Waals surface area contributed by atoms with Crippen molar-refractivity contribution in [1.29, 1.82) is 0 Å². The lowest BCUT2D eigenvalue weighted by Crippen LogP contribution is -2.19. The number of ether oxygens (including phenoxy) is 2. The molecule has 2 aromatic rings. The number of esters is 2. The van der Waals surface area contributed by atoms with Crippen molar-refractivity contribution < 1.29 is 19.1 Å². The van der Waals surface area contributed by atoms with Crippen LogP contribution in [0.3, 0.4) is 0 Å². The van der Waals surface area contributed by atoms with Crippen molar-refractivity contribution in [1.82, 2.24) is 0 Å². The summed E-state index contributed by atoms with van der Waals surface area (Å²) in [5.74, 6) is 0.887. The van der Waals surface area contributed by atoms with Crippen LogP contribution >= 0.6 is 0 Å². The first-order chi connectivity index (χ1) is 14.3. The Morgan fingerprint density at radius 1 is 1.03 bits per heavy atom. The predicted octanol–water partition coefficient (Wildman–Crippen LogP) is 6.10. The second kappa shape index (κ2) is 9.29. The van der Waals surface area contributed by atoms with Gasteiger partial charge in [-0.15, -0.1) is 0 Å². The van der Waals surface area contributed by atoms with Crippen LogP contribution in [0.4, 0.5) is 0 Å². The van der Waals surface area contributed by atoms with Gasteiger partial charge in [0, 0.05) is 34.4 Å². The normalized spacial score (nSPS) is 15.3. The van der Waals surface area contributed by atoms with Crippen molar-refractivity contribution in [2.75, 3.05) is 0 Å². The van der Waals surface area contributed by atoms with E-state index in [1.54, 1.807) is 6.92 Å². The van der Waals surface area contributed by atoms with Crippen LogP contribution in [0.5, 0.6) is 11.5 Å². The highest BCUT2D eigenvalue weighted by atomic mass is 16.5. The molecule has 1 atom stereocenters. The minimum atomic E-state index is -0.436. The first-order valence-electron chi connectivity index (χ1n) is 10.5. The van der Waals surface area contributed by atoms with E-state index in [0.717, 1.165) is 54.0 Å². The minimum Gasteiger partial charge on any atom is -0.426 e. The highest BCUT2D eigenvalue weighted by Gasteiger charge is 2.29. The molecule has 158 valence electrons. The summed E-state index contributed by atoms with van der Waals surface area (Å²) in [6.45, 7) is 11.0. The Morgan fingerprint density at radius 3 is 2.23 bits per heavy atom. The highest BCUT2D eigenvalue weighted by molar-refractivity contribution is 6.00. The van der Waals surface area contributed by atoms with Crippen LogP contribution in [0.1, 0.15) is 58.1 Å². The molecule has 4 nitrogen and oxygen atoms in total. The summed E-state index contributed by atoms with van der Waals surface area (Å²) in [7, 11) is 0. The molecule has 0 bridgehead atoms. The molecule has 3 rings (SSSR count). The number of fused-ring (bicyclic) bond motifs is 2. The zero-order chi connectivity index (χ0) is 21.8. The van der Waals surface area contributed by atoms with Crippen molar-refractivity contribution in [2.24, 2.45) is 5.92 Å². The second-order valence-electron chi connectivity index (χ2n) is 8.39. The van der Waals surface area contributed by atoms with E-state index in [2.05, 4.69) is 26.5 Å². The van der Waals surface area contributed by atoms with Gasteiger partial charge in [-0.05, 0) is 58.8 Å². The molecule has 0 fully saturated rings. The van der Waals surface area contributed by atoms with Gasteiger partial charge in [0.15, 0.2) is 0 Å². The summed E-state index contributed by atoms with van der Waals surface area (Å²) in [6, 6.07) is 7.62. The van der Waals surface area contributed by atoms with Gasteiger partial charge >= 0.3 is 11.9 Å². The topological polar surface area (TPSA) is 52.6 Å². The molecule has 1 aliphatic carbocycles. The van der Waals surface area contributed by atoms with Gasteiger partial charge in [0.1, 0.15) is 11.5 Å². The molecule has 0 N–H and O–H groups in total. The van der Waals surface area contributed by atoms with Crippen LogP contribution < -0.4 is 9.47 Å². The van der Waals surface area contributed by atoms with Crippen LogP contribution in [0.25, 0.3) is 10.8 Å².